The molecule has 170 valence electrons. The van der Waals surface area contributed by atoms with Crippen molar-refractivity contribution in [2.24, 2.45) is 0 Å². The quantitative estimate of drug-likeness (QED) is 0.345. The summed E-state index contributed by atoms with van der Waals surface area (Å²) in [5.74, 6) is -0.394. The Hall–Kier alpha value is -3.31. The first-order valence-electron chi connectivity index (χ1n) is 10.4. The van der Waals surface area contributed by atoms with Gasteiger partial charge in [-0.05, 0) is 42.1 Å². The van der Waals surface area contributed by atoms with E-state index in [2.05, 4.69) is 15.8 Å². The van der Waals surface area contributed by atoms with Crippen LogP contribution >= 0.6 is 0 Å². The van der Waals surface area contributed by atoms with Gasteiger partial charge in [0, 0.05) is 13.1 Å². The lowest BCUT2D eigenvalue weighted by Crippen LogP contribution is -2.29. The summed E-state index contributed by atoms with van der Waals surface area (Å²) in [5, 5.41) is 32.6. The van der Waals surface area contributed by atoms with Gasteiger partial charge in [0.15, 0.2) is 5.75 Å². The molecule has 32 heavy (non-hydrogen) atoms. The van der Waals surface area contributed by atoms with Crippen molar-refractivity contribution in [2.45, 2.75) is 37.1 Å². The van der Waals surface area contributed by atoms with E-state index >= 15 is 0 Å². The van der Waals surface area contributed by atoms with Gasteiger partial charge in [0.2, 0.25) is 10.0 Å². The van der Waals surface area contributed by atoms with Crippen molar-refractivity contribution in [3.8, 4) is 5.75 Å². The number of para-hydroxylation sites is 1. The molecule has 1 fully saturated rings. The van der Waals surface area contributed by atoms with Crippen LogP contribution in [0.3, 0.4) is 0 Å². The number of hydrogen-bond acceptors (Lipinski definition) is 8. The molecule has 0 spiro atoms. The number of rotatable bonds is 8. The number of benzene rings is 2. The van der Waals surface area contributed by atoms with E-state index in [4.69, 9.17) is 4.63 Å². The van der Waals surface area contributed by atoms with Crippen LogP contribution in [0.5, 0.6) is 5.75 Å². The van der Waals surface area contributed by atoms with E-state index in [0.717, 1.165) is 18.4 Å². The number of nitrogens with zero attached hydrogens (tertiary/aromatic N) is 3. The Morgan fingerprint density at radius 1 is 1.19 bits per heavy atom. The summed E-state index contributed by atoms with van der Waals surface area (Å²) in [7, 11) is -3.83. The third-order valence-electron chi connectivity index (χ3n) is 5.47. The maximum Gasteiger partial charge on any atom is 0.320 e. The van der Waals surface area contributed by atoms with Crippen molar-refractivity contribution < 1.29 is 23.1 Å². The van der Waals surface area contributed by atoms with E-state index in [-0.39, 0.29) is 33.2 Å². The molecule has 0 aliphatic carbocycles. The molecule has 1 aliphatic heterocycles. The van der Waals surface area contributed by atoms with E-state index in [0.29, 0.717) is 19.5 Å². The number of phenols is 1. The normalized spacial score (nSPS) is 15.5. The van der Waals surface area contributed by atoms with Gasteiger partial charge in [-0.1, -0.05) is 48.2 Å². The predicted molar refractivity (Wildman–Crippen MR) is 118 cm³/mol. The van der Waals surface area contributed by atoms with E-state index < -0.39 is 15.8 Å². The third-order valence-corrected chi connectivity index (χ3v) is 7.40. The minimum atomic E-state index is -3.83. The van der Waals surface area contributed by atoms with Gasteiger partial charge in [0.1, 0.15) is 4.90 Å². The lowest BCUT2D eigenvalue weighted by atomic mass is 10.0. The standard InChI is InChI=1S/C21H25N5O5S/c1-2-16(15-9-4-3-5-10-15)23-21-20(24-31-26(21)28)22-17-11-8-12-18(19(17)27)32(29,30)25-13-6-7-14-25/h3-5,8-12,16,23,27H,2,6-7,13-14H2,1H3,(H,22,24)/t16-/m1/s1. The Morgan fingerprint density at radius 2 is 1.91 bits per heavy atom. The number of nitrogens with one attached hydrogen (secondary N) is 2. The van der Waals surface area contributed by atoms with Gasteiger partial charge in [0.05, 0.1) is 11.7 Å². The highest BCUT2D eigenvalue weighted by Gasteiger charge is 2.31. The maximum absolute atomic E-state index is 12.9. The Morgan fingerprint density at radius 3 is 2.59 bits per heavy atom. The van der Waals surface area contributed by atoms with Crippen molar-refractivity contribution in [2.75, 3.05) is 23.7 Å². The summed E-state index contributed by atoms with van der Waals surface area (Å²) in [6.07, 6.45) is 2.26. The molecule has 2 heterocycles. The number of hydrogen-bond donors (Lipinski definition) is 3. The Kier molecular flexibility index (Phi) is 6.19. The second-order valence-corrected chi connectivity index (χ2v) is 9.44. The fraction of sp³-hybridized carbons (Fsp3) is 0.333. The van der Waals surface area contributed by atoms with E-state index in [9.17, 15) is 18.7 Å². The minimum Gasteiger partial charge on any atom is -0.504 e. The molecule has 1 atom stereocenters. The van der Waals surface area contributed by atoms with Gasteiger partial charge in [-0.3, -0.25) is 5.32 Å². The smallest absolute Gasteiger partial charge is 0.320 e. The highest BCUT2D eigenvalue weighted by atomic mass is 32.2. The summed E-state index contributed by atoms with van der Waals surface area (Å²) >= 11 is 0. The first-order valence-corrected chi connectivity index (χ1v) is 11.9. The molecule has 1 aliphatic rings. The molecule has 1 saturated heterocycles. The van der Waals surface area contributed by atoms with Crippen molar-refractivity contribution in [3.63, 3.8) is 0 Å². The highest BCUT2D eigenvalue weighted by Crippen LogP contribution is 2.36. The summed E-state index contributed by atoms with van der Waals surface area (Å²) in [5.41, 5.74) is 1.07. The molecule has 3 aromatic rings. The molecule has 3 N–H and O–H groups in total. The zero-order valence-corrected chi connectivity index (χ0v) is 18.4. The number of sulfonamides is 1. The van der Waals surface area contributed by atoms with Crippen molar-refractivity contribution in [3.05, 3.63) is 59.3 Å². The number of phenolic OH excluding ortho intramolecular Hbond substituents is 1. The first kappa shape index (κ1) is 21.9. The van der Waals surface area contributed by atoms with E-state index in [1.807, 2.05) is 37.3 Å². The zero-order chi connectivity index (χ0) is 22.7. The van der Waals surface area contributed by atoms with Crippen LogP contribution < -0.4 is 15.5 Å². The summed E-state index contributed by atoms with van der Waals surface area (Å²) in [6, 6.07) is 13.8. The topological polar surface area (TPSA) is 135 Å². The molecular formula is C21H25N5O5S. The minimum absolute atomic E-state index is 0.0212. The first-order chi connectivity index (χ1) is 15.4. The molecule has 0 unspecified atom stereocenters. The van der Waals surface area contributed by atoms with E-state index in [1.165, 1.54) is 22.5 Å². The van der Waals surface area contributed by atoms with Crippen LogP contribution in [0.2, 0.25) is 0 Å². The average molecular weight is 460 g/mol. The fourth-order valence-corrected chi connectivity index (χ4v) is 5.37. The Labute approximate surface area is 186 Å². The Bertz CT molecular complexity index is 1180. The lowest BCUT2D eigenvalue weighted by molar-refractivity contribution is -0.791. The zero-order valence-electron chi connectivity index (χ0n) is 17.6. The maximum atomic E-state index is 12.9. The largest absolute Gasteiger partial charge is 0.504 e. The highest BCUT2D eigenvalue weighted by molar-refractivity contribution is 7.89. The monoisotopic (exact) mass is 459 g/mol. The second-order valence-electron chi connectivity index (χ2n) is 7.53. The van der Waals surface area contributed by atoms with Gasteiger partial charge in [-0.15, -0.1) is 0 Å². The van der Waals surface area contributed by atoms with Gasteiger partial charge >= 0.3 is 11.6 Å². The third kappa shape index (κ3) is 4.21. The van der Waals surface area contributed by atoms with Crippen molar-refractivity contribution >= 4 is 27.3 Å². The lowest BCUT2D eigenvalue weighted by Gasteiger charge is -2.18. The summed E-state index contributed by atoms with van der Waals surface area (Å²) < 4.78 is 31.9. The molecule has 0 saturated carbocycles. The molecule has 10 nitrogen and oxygen atoms in total. The number of anilines is 3. The van der Waals surface area contributed by atoms with Crippen LogP contribution in [-0.4, -0.2) is 36.1 Å². The van der Waals surface area contributed by atoms with Gasteiger partial charge in [-0.2, -0.15) is 4.31 Å². The van der Waals surface area contributed by atoms with E-state index in [1.54, 1.807) is 0 Å². The number of aromatic hydroxyl groups is 1. The SMILES string of the molecule is CC[C@@H](Nc1c(Nc2cccc(S(=O)(=O)N3CCCC3)c2O)no[n+]1[O-])c1ccccc1. The molecule has 0 amide bonds. The molecule has 1 aromatic heterocycles. The van der Waals surface area contributed by atoms with Crippen LogP contribution in [0.15, 0.2) is 58.1 Å². The summed E-state index contributed by atoms with van der Waals surface area (Å²) in [6.45, 7) is 2.81. The predicted octanol–water partition coefficient (Wildman–Crippen LogP) is 3.10. The van der Waals surface area contributed by atoms with Crippen LogP contribution in [0, 0.1) is 5.21 Å². The molecule has 11 heteroatoms. The average Bonchev–Trinajstić information content (AvgIpc) is 3.45. The van der Waals surface area contributed by atoms with Crippen molar-refractivity contribution in [1.82, 2.24) is 9.46 Å². The van der Waals surface area contributed by atoms with Crippen molar-refractivity contribution in [1.29, 1.82) is 0 Å². The van der Waals surface area contributed by atoms with Gasteiger partial charge < -0.3 is 20.3 Å². The molecule has 0 radical (unpaired) electrons. The Balaban J connectivity index is 1.62. The fourth-order valence-electron chi connectivity index (χ4n) is 3.75. The van der Waals surface area contributed by atoms with Gasteiger partial charge in [0.25, 0.3) is 0 Å². The molecular weight excluding hydrogens is 434 g/mol. The molecule has 2 aromatic carbocycles. The summed E-state index contributed by atoms with van der Waals surface area (Å²) in [4.78, 5) is 0.0311. The molecule has 4 rings (SSSR count). The van der Waals surface area contributed by atoms with Gasteiger partial charge in [-0.25, -0.2) is 8.42 Å². The number of aromatic nitrogens is 2. The van der Waals surface area contributed by atoms with Crippen LogP contribution in [0.25, 0.3) is 0 Å². The second kappa shape index (κ2) is 9.05. The van der Waals surface area contributed by atoms with Crippen LogP contribution in [0.1, 0.15) is 37.8 Å². The van der Waals surface area contributed by atoms with Crippen LogP contribution in [-0.2, 0) is 10.0 Å². The molecule has 0 bridgehead atoms. The van der Waals surface area contributed by atoms with Crippen LogP contribution in [0.4, 0.5) is 17.3 Å².